The number of ketones is 1. The Labute approximate surface area is 126 Å². The van der Waals surface area contributed by atoms with Gasteiger partial charge in [-0.05, 0) is 17.9 Å². The SMILES string of the molecule is CC(C)Cc1ccc(C(=O)Cn2cnnc2S(C)=O)cc1. The molecule has 0 amide bonds. The molecule has 1 unspecified atom stereocenters. The molecule has 5 nitrogen and oxygen atoms in total. The molecule has 2 aromatic rings. The Kier molecular flexibility index (Phi) is 5.01. The van der Waals surface area contributed by atoms with E-state index in [-0.39, 0.29) is 12.3 Å². The second-order valence-corrected chi connectivity index (χ2v) is 6.69. The first-order chi connectivity index (χ1) is 9.97. The van der Waals surface area contributed by atoms with Crippen LogP contribution in [0.4, 0.5) is 0 Å². The number of benzene rings is 1. The fraction of sp³-hybridized carbons (Fsp3) is 0.400. The van der Waals surface area contributed by atoms with Gasteiger partial charge in [-0.25, -0.2) is 0 Å². The highest BCUT2D eigenvalue weighted by Gasteiger charge is 2.13. The van der Waals surface area contributed by atoms with Crippen LogP contribution in [0, 0.1) is 5.92 Å². The molecule has 21 heavy (non-hydrogen) atoms. The van der Waals surface area contributed by atoms with E-state index in [9.17, 15) is 9.00 Å². The summed E-state index contributed by atoms with van der Waals surface area (Å²) in [7, 11) is -1.26. The molecule has 0 saturated heterocycles. The fourth-order valence-electron chi connectivity index (χ4n) is 2.12. The molecule has 0 fully saturated rings. The van der Waals surface area contributed by atoms with Gasteiger partial charge in [0.2, 0.25) is 5.16 Å². The summed E-state index contributed by atoms with van der Waals surface area (Å²) >= 11 is 0. The second kappa shape index (κ2) is 6.76. The molecule has 1 aromatic heterocycles. The Morgan fingerprint density at radius 1 is 1.29 bits per heavy atom. The highest BCUT2D eigenvalue weighted by Crippen LogP contribution is 2.11. The maximum atomic E-state index is 12.2. The molecule has 6 heteroatoms. The maximum Gasteiger partial charge on any atom is 0.221 e. The van der Waals surface area contributed by atoms with Gasteiger partial charge < -0.3 is 0 Å². The summed E-state index contributed by atoms with van der Waals surface area (Å²) in [5.41, 5.74) is 1.87. The average Bonchev–Trinajstić information content (AvgIpc) is 2.87. The lowest BCUT2D eigenvalue weighted by Crippen LogP contribution is -2.13. The predicted molar refractivity (Wildman–Crippen MR) is 81.7 cm³/mol. The van der Waals surface area contributed by atoms with E-state index in [1.54, 1.807) is 0 Å². The van der Waals surface area contributed by atoms with Crippen LogP contribution in [0.25, 0.3) is 0 Å². The first-order valence-corrected chi connectivity index (χ1v) is 8.36. The number of hydrogen-bond acceptors (Lipinski definition) is 4. The van der Waals surface area contributed by atoms with E-state index in [0.717, 1.165) is 6.42 Å². The highest BCUT2D eigenvalue weighted by molar-refractivity contribution is 7.84. The van der Waals surface area contributed by atoms with Crippen molar-refractivity contribution in [2.75, 3.05) is 6.26 Å². The Hall–Kier alpha value is -1.82. The number of carbonyl (C=O) groups is 1. The molecular weight excluding hydrogens is 286 g/mol. The predicted octanol–water partition coefficient (Wildman–Crippen LogP) is 2.10. The zero-order chi connectivity index (χ0) is 15.4. The van der Waals surface area contributed by atoms with E-state index in [1.165, 1.54) is 22.7 Å². The summed E-state index contributed by atoms with van der Waals surface area (Å²) < 4.78 is 13.0. The summed E-state index contributed by atoms with van der Waals surface area (Å²) in [6.07, 6.45) is 3.95. The van der Waals surface area contributed by atoms with Crippen molar-refractivity contribution in [1.82, 2.24) is 14.8 Å². The van der Waals surface area contributed by atoms with Crippen molar-refractivity contribution >= 4 is 16.6 Å². The van der Waals surface area contributed by atoms with Crippen molar-refractivity contribution in [3.63, 3.8) is 0 Å². The number of carbonyl (C=O) groups excluding carboxylic acids is 1. The third-order valence-corrected chi connectivity index (χ3v) is 3.90. The van der Waals surface area contributed by atoms with Gasteiger partial charge in [0, 0.05) is 11.8 Å². The first kappa shape index (κ1) is 15.6. The summed E-state index contributed by atoms with van der Waals surface area (Å²) in [6, 6.07) is 7.65. The van der Waals surface area contributed by atoms with E-state index in [0.29, 0.717) is 16.6 Å². The maximum absolute atomic E-state index is 12.2. The van der Waals surface area contributed by atoms with Crippen LogP contribution in [-0.2, 0) is 23.8 Å². The molecule has 0 aliphatic heterocycles. The topological polar surface area (TPSA) is 64.8 Å². The van der Waals surface area contributed by atoms with Crippen LogP contribution in [0.3, 0.4) is 0 Å². The van der Waals surface area contributed by atoms with Crippen molar-refractivity contribution in [3.05, 3.63) is 41.7 Å². The molecule has 2 rings (SSSR count). The Morgan fingerprint density at radius 3 is 2.52 bits per heavy atom. The van der Waals surface area contributed by atoms with Crippen LogP contribution in [-0.4, -0.2) is 31.0 Å². The highest BCUT2D eigenvalue weighted by atomic mass is 32.2. The summed E-state index contributed by atoms with van der Waals surface area (Å²) in [5, 5.41) is 7.79. The summed E-state index contributed by atoms with van der Waals surface area (Å²) in [6.45, 7) is 4.43. The minimum Gasteiger partial charge on any atom is -0.299 e. The van der Waals surface area contributed by atoms with Crippen LogP contribution < -0.4 is 0 Å². The van der Waals surface area contributed by atoms with Crippen molar-refractivity contribution < 1.29 is 9.00 Å². The number of nitrogens with zero attached hydrogens (tertiary/aromatic N) is 3. The quantitative estimate of drug-likeness (QED) is 0.767. The molecule has 0 bridgehead atoms. The third-order valence-electron chi connectivity index (χ3n) is 3.07. The van der Waals surface area contributed by atoms with Gasteiger partial charge >= 0.3 is 0 Å². The van der Waals surface area contributed by atoms with Gasteiger partial charge in [-0.15, -0.1) is 10.2 Å². The van der Waals surface area contributed by atoms with Gasteiger partial charge in [0.15, 0.2) is 5.78 Å². The van der Waals surface area contributed by atoms with E-state index in [4.69, 9.17) is 0 Å². The Balaban J connectivity index is 2.10. The number of aromatic nitrogens is 3. The van der Waals surface area contributed by atoms with Gasteiger partial charge in [0.05, 0.1) is 17.3 Å². The zero-order valence-electron chi connectivity index (χ0n) is 12.4. The average molecular weight is 305 g/mol. The number of hydrogen-bond donors (Lipinski definition) is 0. The minimum atomic E-state index is -1.26. The summed E-state index contributed by atoms with van der Waals surface area (Å²) in [4.78, 5) is 12.2. The standard InChI is InChI=1S/C15H19N3O2S/c1-11(2)8-12-4-6-13(7-5-12)14(19)9-18-10-16-17-15(18)21(3)20/h4-7,10-11H,8-9H2,1-3H3. The molecule has 0 aliphatic rings. The van der Waals surface area contributed by atoms with E-state index < -0.39 is 10.8 Å². The Morgan fingerprint density at radius 2 is 1.95 bits per heavy atom. The largest absolute Gasteiger partial charge is 0.299 e. The molecule has 1 heterocycles. The summed E-state index contributed by atoms with van der Waals surface area (Å²) in [5.74, 6) is 0.545. The van der Waals surface area contributed by atoms with Crippen LogP contribution in [0.5, 0.6) is 0 Å². The normalized spacial score (nSPS) is 12.6. The van der Waals surface area contributed by atoms with Crippen LogP contribution >= 0.6 is 0 Å². The molecule has 0 radical (unpaired) electrons. The van der Waals surface area contributed by atoms with Crippen molar-refractivity contribution in [3.8, 4) is 0 Å². The lowest BCUT2D eigenvalue weighted by Gasteiger charge is -2.07. The van der Waals surface area contributed by atoms with Crippen LogP contribution in [0.1, 0.15) is 29.8 Å². The number of rotatable bonds is 6. The van der Waals surface area contributed by atoms with Gasteiger partial charge in [-0.3, -0.25) is 13.6 Å². The van der Waals surface area contributed by atoms with Crippen molar-refractivity contribution in [2.45, 2.75) is 32.0 Å². The second-order valence-electron chi connectivity index (χ2n) is 5.41. The van der Waals surface area contributed by atoms with E-state index >= 15 is 0 Å². The molecule has 1 aromatic carbocycles. The number of Topliss-reactive ketones (excluding diaryl/α,β-unsaturated/α-hetero) is 1. The molecule has 0 saturated carbocycles. The molecule has 0 N–H and O–H groups in total. The lowest BCUT2D eigenvalue weighted by atomic mass is 10.0. The minimum absolute atomic E-state index is 0.0439. The van der Waals surface area contributed by atoms with E-state index in [2.05, 4.69) is 24.0 Å². The lowest BCUT2D eigenvalue weighted by molar-refractivity contribution is 0.0969. The Bertz CT molecular complexity index is 647. The molecule has 0 spiro atoms. The monoisotopic (exact) mass is 305 g/mol. The van der Waals surface area contributed by atoms with E-state index in [1.807, 2.05) is 24.3 Å². The van der Waals surface area contributed by atoms with Gasteiger partial charge in [0.1, 0.15) is 6.33 Å². The van der Waals surface area contributed by atoms with Gasteiger partial charge in [0.25, 0.3) is 0 Å². The smallest absolute Gasteiger partial charge is 0.221 e. The third kappa shape index (κ3) is 4.07. The van der Waals surface area contributed by atoms with Gasteiger partial charge in [-0.2, -0.15) is 0 Å². The molecular formula is C15H19N3O2S. The first-order valence-electron chi connectivity index (χ1n) is 6.80. The molecule has 112 valence electrons. The molecule has 1 atom stereocenters. The zero-order valence-corrected chi connectivity index (χ0v) is 13.3. The van der Waals surface area contributed by atoms with Crippen LogP contribution in [0.2, 0.25) is 0 Å². The van der Waals surface area contributed by atoms with Crippen molar-refractivity contribution in [2.24, 2.45) is 5.92 Å². The van der Waals surface area contributed by atoms with Crippen molar-refractivity contribution in [1.29, 1.82) is 0 Å². The molecule has 0 aliphatic carbocycles. The van der Waals surface area contributed by atoms with Gasteiger partial charge in [-0.1, -0.05) is 38.1 Å². The van der Waals surface area contributed by atoms with Crippen LogP contribution in [0.15, 0.2) is 35.7 Å². The fourth-order valence-corrected chi connectivity index (χ4v) is 2.72.